The number of benzene rings is 1. The van der Waals surface area contributed by atoms with Crippen LogP contribution in [0.2, 0.25) is 0 Å². The van der Waals surface area contributed by atoms with E-state index in [1.807, 2.05) is 0 Å². The summed E-state index contributed by atoms with van der Waals surface area (Å²) in [7, 11) is 0. The first-order valence-electron chi connectivity index (χ1n) is 6.87. The SMILES string of the molecule is CCC1CCN2c3ccc(C)cc3NC(=O)C2C1. The fourth-order valence-electron chi connectivity index (χ4n) is 3.16. The van der Waals surface area contributed by atoms with Crippen molar-refractivity contribution in [3.05, 3.63) is 23.8 Å². The van der Waals surface area contributed by atoms with Crippen LogP contribution in [0, 0.1) is 12.8 Å². The maximum absolute atomic E-state index is 12.2. The zero-order valence-corrected chi connectivity index (χ0v) is 11.1. The van der Waals surface area contributed by atoms with Gasteiger partial charge in [0.2, 0.25) is 5.91 Å². The minimum Gasteiger partial charge on any atom is -0.358 e. The molecule has 2 aliphatic rings. The molecule has 2 atom stereocenters. The number of amides is 1. The van der Waals surface area contributed by atoms with Gasteiger partial charge in [-0.1, -0.05) is 19.4 Å². The van der Waals surface area contributed by atoms with E-state index in [1.165, 1.54) is 24.1 Å². The van der Waals surface area contributed by atoms with E-state index in [0.717, 1.165) is 18.7 Å². The van der Waals surface area contributed by atoms with Crippen LogP contribution in [-0.4, -0.2) is 18.5 Å². The molecule has 0 spiro atoms. The lowest BCUT2D eigenvalue weighted by Gasteiger charge is -2.43. The Kier molecular flexibility index (Phi) is 2.77. The van der Waals surface area contributed by atoms with Gasteiger partial charge in [0.15, 0.2) is 0 Å². The molecule has 1 fully saturated rings. The van der Waals surface area contributed by atoms with Gasteiger partial charge in [-0.3, -0.25) is 4.79 Å². The van der Waals surface area contributed by atoms with Crippen LogP contribution in [0.4, 0.5) is 11.4 Å². The van der Waals surface area contributed by atoms with Crippen molar-refractivity contribution < 1.29 is 4.79 Å². The van der Waals surface area contributed by atoms with Crippen LogP contribution >= 0.6 is 0 Å². The lowest BCUT2D eigenvalue weighted by atomic mass is 9.87. The Morgan fingerprint density at radius 2 is 2.28 bits per heavy atom. The standard InChI is InChI=1S/C15H20N2O/c1-3-11-6-7-17-13-5-4-10(2)8-12(13)16-15(18)14(17)9-11/h4-5,8,11,14H,3,6-7,9H2,1-2H3,(H,16,18). The van der Waals surface area contributed by atoms with Crippen LogP contribution in [0.25, 0.3) is 0 Å². The van der Waals surface area contributed by atoms with Gasteiger partial charge in [0.25, 0.3) is 0 Å². The Morgan fingerprint density at radius 1 is 1.44 bits per heavy atom. The molecule has 3 heteroatoms. The molecule has 0 aromatic heterocycles. The average Bonchev–Trinajstić information content (AvgIpc) is 2.38. The quantitative estimate of drug-likeness (QED) is 0.823. The normalized spacial score (nSPS) is 26.3. The van der Waals surface area contributed by atoms with Gasteiger partial charge in [-0.2, -0.15) is 0 Å². The van der Waals surface area contributed by atoms with Crippen LogP contribution in [0.15, 0.2) is 18.2 Å². The molecule has 2 aliphatic heterocycles. The van der Waals surface area contributed by atoms with E-state index < -0.39 is 0 Å². The third kappa shape index (κ3) is 1.78. The smallest absolute Gasteiger partial charge is 0.247 e. The number of aryl methyl sites for hydroxylation is 1. The average molecular weight is 244 g/mol. The van der Waals surface area contributed by atoms with Crippen molar-refractivity contribution in [3.8, 4) is 0 Å². The highest BCUT2D eigenvalue weighted by molar-refractivity contribution is 6.03. The lowest BCUT2D eigenvalue weighted by molar-refractivity contribution is -0.118. The van der Waals surface area contributed by atoms with Crippen molar-refractivity contribution in [2.45, 2.75) is 39.2 Å². The highest BCUT2D eigenvalue weighted by Crippen LogP contribution is 2.38. The largest absolute Gasteiger partial charge is 0.358 e. The number of rotatable bonds is 1. The summed E-state index contributed by atoms with van der Waals surface area (Å²) < 4.78 is 0. The summed E-state index contributed by atoms with van der Waals surface area (Å²) in [6, 6.07) is 6.37. The fraction of sp³-hybridized carbons (Fsp3) is 0.533. The number of hydrogen-bond donors (Lipinski definition) is 1. The Labute approximate surface area is 108 Å². The molecule has 1 amide bonds. The highest BCUT2D eigenvalue weighted by Gasteiger charge is 2.37. The molecule has 1 aromatic carbocycles. The number of nitrogens with one attached hydrogen (secondary N) is 1. The van der Waals surface area contributed by atoms with Crippen LogP contribution in [0.1, 0.15) is 31.7 Å². The second kappa shape index (κ2) is 4.30. The van der Waals surface area contributed by atoms with Gasteiger partial charge in [0, 0.05) is 6.54 Å². The molecule has 96 valence electrons. The van der Waals surface area contributed by atoms with Crippen molar-refractivity contribution in [1.29, 1.82) is 0 Å². The van der Waals surface area contributed by atoms with Gasteiger partial charge < -0.3 is 10.2 Å². The van der Waals surface area contributed by atoms with Gasteiger partial charge >= 0.3 is 0 Å². The second-order valence-corrected chi connectivity index (χ2v) is 5.52. The first-order valence-corrected chi connectivity index (χ1v) is 6.87. The minimum absolute atomic E-state index is 0.0407. The Morgan fingerprint density at radius 3 is 3.06 bits per heavy atom. The molecule has 18 heavy (non-hydrogen) atoms. The molecule has 1 N–H and O–H groups in total. The molecular formula is C15H20N2O. The molecule has 2 heterocycles. The molecule has 1 aromatic rings. The first kappa shape index (κ1) is 11.6. The third-order valence-electron chi connectivity index (χ3n) is 4.31. The van der Waals surface area contributed by atoms with E-state index in [2.05, 4.69) is 42.3 Å². The van der Waals surface area contributed by atoms with Crippen molar-refractivity contribution >= 4 is 17.3 Å². The summed E-state index contributed by atoms with van der Waals surface area (Å²) in [6.07, 6.45) is 3.38. The molecule has 0 radical (unpaired) electrons. The zero-order valence-electron chi connectivity index (χ0n) is 11.1. The summed E-state index contributed by atoms with van der Waals surface area (Å²) in [5.74, 6) is 0.871. The van der Waals surface area contributed by atoms with Crippen LogP contribution < -0.4 is 10.2 Å². The molecule has 0 bridgehead atoms. The second-order valence-electron chi connectivity index (χ2n) is 5.52. The number of carbonyl (C=O) groups is 1. The maximum Gasteiger partial charge on any atom is 0.247 e. The van der Waals surface area contributed by atoms with Crippen molar-refractivity contribution in [2.75, 3.05) is 16.8 Å². The summed E-state index contributed by atoms with van der Waals surface area (Å²) in [5, 5.41) is 3.06. The topological polar surface area (TPSA) is 32.3 Å². The number of nitrogens with zero attached hydrogens (tertiary/aromatic N) is 1. The zero-order chi connectivity index (χ0) is 12.7. The number of hydrogen-bond acceptors (Lipinski definition) is 2. The van der Waals surface area contributed by atoms with Gasteiger partial charge in [-0.05, 0) is 43.4 Å². The number of carbonyl (C=O) groups excluding carboxylic acids is 1. The number of piperidine rings is 1. The maximum atomic E-state index is 12.2. The van der Waals surface area contributed by atoms with Crippen LogP contribution in [-0.2, 0) is 4.79 Å². The molecule has 3 nitrogen and oxygen atoms in total. The first-order chi connectivity index (χ1) is 8.69. The molecule has 2 unspecified atom stereocenters. The van der Waals surface area contributed by atoms with E-state index in [4.69, 9.17) is 0 Å². The highest BCUT2D eigenvalue weighted by atomic mass is 16.2. The van der Waals surface area contributed by atoms with Crippen LogP contribution in [0.5, 0.6) is 0 Å². The monoisotopic (exact) mass is 244 g/mol. The fourth-order valence-corrected chi connectivity index (χ4v) is 3.16. The van der Waals surface area contributed by atoms with Crippen LogP contribution in [0.3, 0.4) is 0 Å². The summed E-state index contributed by atoms with van der Waals surface area (Å²) in [5.41, 5.74) is 3.36. The predicted molar refractivity (Wildman–Crippen MR) is 74.0 cm³/mol. The molecule has 1 saturated heterocycles. The third-order valence-corrected chi connectivity index (χ3v) is 4.31. The molecule has 3 rings (SSSR count). The lowest BCUT2D eigenvalue weighted by Crippen LogP contribution is -2.52. The summed E-state index contributed by atoms with van der Waals surface area (Å²) >= 11 is 0. The van der Waals surface area contributed by atoms with Crippen molar-refractivity contribution in [2.24, 2.45) is 5.92 Å². The number of anilines is 2. The van der Waals surface area contributed by atoms with Crippen molar-refractivity contribution in [1.82, 2.24) is 0 Å². The number of fused-ring (bicyclic) bond motifs is 3. The predicted octanol–water partition coefficient (Wildman–Crippen LogP) is 2.94. The Hall–Kier alpha value is -1.51. The summed E-state index contributed by atoms with van der Waals surface area (Å²) in [4.78, 5) is 14.5. The van der Waals surface area contributed by atoms with E-state index in [9.17, 15) is 4.79 Å². The van der Waals surface area contributed by atoms with Gasteiger partial charge in [-0.15, -0.1) is 0 Å². The van der Waals surface area contributed by atoms with E-state index in [-0.39, 0.29) is 11.9 Å². The minimum atomic E-state index is 0.0407. The van der Waals surface area contributed by atoms with E-state index >= 15 is 0 Å². The van der Waals surface area contributed by atoms with Crippen molar-refractivity contribution in [3.63, 3.8) is 0 Å². The van der Waals surface area contributed by atoms with E-state index in [0.29, 0.717) is 5.92 Å². The van der Waals surface area contributed by atoms with Gasteiger partial charge in [0.1, 0.15) is 6.04 Å². The molecule has 0 aliphatic carbocycles. The van der Waals surface area contributed by atoms with Gasteiger partial charge in [0.05, 0.1) is 11.4 Å². The van der Waals surface area contributed by atoms with Gasteiger partial charge in [-0.25, -0.2) is 0 Å². The molecular weight excluding hydrogens is 224 g/mol. The molecule has 0 saturated carbocycles. The Balaban J connectivity index is 1.95. The Bertz CT molecular complexity index is 483. The summed E-state index contributed by atoms with van der Waals surface area (Å²) in [6.45, 7) is 5.28. The van der Waals surface area contributed by atoms with E-state index in [1.54, 1.807) is 0 Å².